The molecule has 29 heavy (non-hydrogen) atoms. The van der Waals surface area contributed by atoms with Crippen molar-refractivity contribution >= 4 is 23.9 Å². The molecule has 152 valence electrons. The van der Waals surface area contributed by atoms with Gasteiger partial charge in [0.2, 0.25) is 5.91 Å². The van der Waals surface area contributed by atoms with Crippen LogP contribution in [0.5, 0.6) is 5.75 Å². The lowest BCUT2D eigenvalue weighted by Gasteiger charge is -2.19. The molecule has 0 saturated carbocycles. The first kappa shape index (κ1) is 21.7. The molecule has 0 fully saturated rings. The summed E-state index contributed by atoms with van der Waals surface area (Å²) < 4.78 is 10.4. The molecule has 0 aliphatic rings. The number of hydrogen-bond acceptors (Lipinski definition) is 5. The van der Waals surface area contributed by atoms with Crippen LogP contribution >= 0.6 is 0 Å². The lowest BCUT2D eigenvalue weighted by atomic mass is 10.2. The van der Waals surface area contributed by atoms with Gasteiger partial charge >= 0.3 is 5.97 Å². The molecule has 0 bridgehead atoms. The summed E-state index contributed by atoms with van der Waals surface area (Å²) in [6.07, 6.45) is 1.49. The quantitative estimate of drug-likeness (QED) is 0.547. The van der Waals surface area contributed by atoms with Gasteiger partial charge in [0, 0.05) is 26.1 Å². The van der Waals surface area contributed by atoms with Crippen molar-refractivity contribution in [3.05, 3.63) is 71.4 Å². The smallest absolute Gasteiger partial charge is 0.355 e. The molecule has 0 saturated heterocycles. The largest absolute Gasteiger partial charge is 0.496 e. The molecule has 0 radical (unpaired) electrons. The molecule has 2 amide bonds. The molecule has 7 heteroatoms. The molecule has 0 unspecified atom stereocenters. The highest BCUT2D eigenvalue weighted by Gasteiger charge is 2.17. The normalized spacial score (nSPS) is 10.8. The zero-order valence-electron chi connectivity index (χ0n) is 16.7. The standard InChI is InChI=1S/C22H24N2O5/c1-16(25)23-19(13-17-9-5-4-6-10-17)22(27)29-15-21(26)24(2)14-18-11-7-8-12-20(18)28-3/h4-13H,14-15H2,1-3H3,(H,23,25)/b19-13-. The number of ether oxygens (including phenoxy) is 2. The van der Waals surface area contributed by atoms with Crippen LogP contribution < -0.4 is 10.1 Å². The summed E-state index contributed by atoms with van der Waals surface area (Å²) in [7, 11) is 3.17. The zero-order chi connectivity index (χ0) is 21.2. The minimum atomic E-state index is -0.789. The summed E-state index contributed by atoms with van der Waals surface area (Å²) >= 11 is 0. The van der Waals surface area contributed by atoms with Crippen molar-refractivity contribution in [2.45, 2.75) is 13.5 Å². The van der Waals surface area contributed by atoms with E-state index >= 15 is 0 Å². The Kier molecular flexibility index (Phi) is 7.97. The minimum Gasteiger partial charge on any atom is -0.496 e. The number of benzene rings is 2. The van der Waals surface area contributed by atoms with Crippen molar-refractivity contribution in [3.63, 3.8) is 0 Å². The van der Waals surface area contributed by atoms with Gasteiger partial charge in [-0.3, -0.25) is 9.59 Å². The van der Waals surface area contributed by atoms with Gasteiger partial charge < -0.3 is 19.7 Å². The Hall–Kier alpha value is -3.61. The molecule has 1 N–H and O–H groups in total. The number of carbonyl (C=O) groups is 3. The lowest BCUT2D eigenvalue weighted by Crippen LogP contribution is -2.33. The summed E-state index contributed by atoms with van der Waals surface area (Å²) in [5, 5.41) is 2.44. The fraction of sp³-hybridized carbons (Fsp3) is 0.227. The van der Waals surface area contributed by atoms with Gasteiger partial charge in [0.1, 0.15) is 11.4 Å². The first-order valence-electron chi connectivity index (χ1n) is 8.98. The van der Waals surface area contributed by atoms with Gasteiger partial charge in [-0.15, -0.1) is 0 Å². The summed E-state index contributed by atoms with van der Waals surface area (Å²) in [6.45, 7) is 1.15. The van der Waals surface area contributed by atoms with Crippen molar-refractivity contribution in [3.8, 4) is 5.75 Å². The minimum absolute atomic E-state index is 0.0381. The van der Waals surface area contributed by atoms with Crippen LogP contribution in [0.1, 0.15) is 18.1 Å². The monoisotopic (exact) mass is 396 g/mol. The fourth-order valence-corrected chi connectivity index (χ4v) is 2.54. The topological polar surface area (TPSA) is 84.9 Å². The third kappa shape index (κ3) is 6.80. The predicted octanol–water partition coefficient (Wildman–Crippen LogP) is 2.37. The van der Waals surface area contributed by atoms with Gasteiger partial charge in [-0.25, -0.2) is 4.79 Å². The number of nitrogens with one attached hydrogen (secondary N) is 1. The fourth-order valence-electron chi connectivity index (χ4n) is 2.54. The lowest BCUT2D eigenvalue weighted by molar-refractivity contribution is -0.149. The second kappa shape index (κ2) is 10.7. The van der Waals surface area contributed by atoms with Crippen LogP contribution in [0.15, 0.2) is 60.3 Å². The number of nitrogens with zero attached hydrogens (tertiary/aromatic N) is 1. The van der Waals surface area contributed by atoms with Crippen molar-refractivity contribution in [1.29, 1.82) is 0 Å². The number of esters is 1. The van der Waals surface area contributed by atoms with E-state index in [2.05, 4.69) is 5.32 Å². The van der Waals surface area contributed by atoms with Gasteiger partial charge in [0.15, 0.2) is 6.61 Å². The number of hydrogen-bond donors (Lipinski definition) is 1. The van der Waals surface area contributed by atoms with Gasteiger partial charge in [-0.05, 0) is 17.7 Å². The summed E-state index contributed by atoms with van der Waals surface area (Å²) in [4.78, 5) is 37.6. The van der Waals surface area contributed by atoms with E-state index in [0.29, 0.717) is 17.9 Å². The van der Waals surface area contributed by atoms with Crippen molar-refractivity contribution < 1.29 is 23.9 Å². The molecule has 2 aromatic rings. The molecule has 0 aliphatic carbocycles. The Morgan fingerprint density at radius 3 is 2.34 bits per heavy atom. The maximum absolute atomic E-state index is 12.4. The Labute approximate surface area is 169 Å². The van der Waals surface area contributed by atoms with E-state index in [1.165, 1.54) is 17.9 Å². The Balaban J connectivity index is 2.00. The molecule has 2 aromatic carbocycles. The van der Waals surface area contributed by atoms with E-state index in [-0.39, 0.29) is 11.6 Å². The molecule has 0 heterocycles. The molecule has 0 aliphatic heterocycles. The van der Waals surface area contributed by atoms with Crippen LogP contribution in [0.4, 0.5) is 0 Å². The number of amides is 2. The Morgan fingerprint density at radius 2 is 1.69 bits per heavy atom. The van der Waals surface area contributed by atoms with E-state index in [9.17, 15) is 14.4 Å². The van der Waals surface area contributed by atoms with E-state index in [4.69, 9.17) is 9.47 Å². The van der Waals surface area contributed by atoms with E-state index in [1.807, 2.05) is 30.3 Å². The molecular weight excluding hydrogens is 372 g/mol. The Morgan fingerprint density at radius 1 is 1.03 bits per heavy atom. The average Bonchev–Trinajstić information content (AvgIpc) is 2.72. The first-order valence-corrected chi connectivity index (χ1v) is 8.98. The number of carbonyl (C=O) groups excluding carboxylic acids is 3. The average molecular weight is 396 g/mol. The molecule has 0 aromatic heterocycles. The van der Waals surface area contributed by atoms with E-state index in [0.717, 1.165) is 5.56 Å². The Bertz CT molecular complexity index is 893. The summed E-state index contributed by atoms with van der Waals surface area (Å²) in [6, 6.07) is 16.4. The van der Waals surface area contributed by atoms with Crippen LogP contribution in [0.25, 0.3) is 6.08 Å². The van der Waals surface area contributed by atoms with Gasteiger partial charge in [0.25, 0.3) is 5.91 Å². The van der Waals surface area contributed by atoms with Gasteiger partial charge in [-0.2, -0.15) is 0 Å². The van der Waals surface area contributed by atoms with Gasteiger partial charge in [-0.1, -0.05) is 48.5 Å². The number of para-hydroxylation sites is 1. The van der Waals surface area contributed by atoms with Crippen LogP contribution in [0.2, 0.25) is 0 Å². The number of methoxy groups -OCH3 is 1. The van der Waals surface area contributed by atoms with Crippen LogP contribution in [-0.4, -0.2) is 43.4 Å². The SMILES string of the molecule is COc1ccccc1CN(C)C(=O)COC(=O)/C(=C/c1ccccc1)NC(C)=O. The highest BCUT2D eigenvalue weighted by atomic mass is 16.5. The van der Waals surface area contributed by atoms with Crippen LogP contribution in [0.3, 0.4) is 0 Å². The summed E-state index contributed by atoms with van der Waals surface area (Å²) in [5.41, 5.74) is 1.51. The van der Waals surface area contributed by atoms with Crippen molar-refractivity contribution in [2.24, 2.45) is 0 Å². The highest BCUT2D eigenvalue weighted by molar-refractivity contribution is 5.98. The molecule has 7 nitrogen and oxygen atoms in total. The van der Waals surface area contributed by atoms with Crippen LogP contribution in [-0.2, 0) is 25.7 Å². The molecule has 0 atom stereocenters. The second-order valence-corrected chi connectivity index (χ2v) is 6.29. The maximum atomic E-state index is 12.4. The number of likely N-dealkylation sites (N-methyl/N-ethyl adjacent to an activating group) is 1. The van der Waals surface area contributed by atoms with Crippen molar-refractivity contribution in [2.75, 3.05) is 20.8 Å². The maximum Gasteiger partial charge on any atom is 0.355 e. The second-order valence-electron chi connectivity index (χ2n) is 6.29. The molecule has 2 rings (SSSR count). The molecule has 0 spiro atoms. The van der Waals surface area contributed by atoms with Crippen LogP contribution in [0, 0.1) is 0 Å². The summed E-state index contributed by atoms with van der Waals surface area (Å²) in [5.74, 6) is -0.916. The third-order valence-electron chi connectivity index (χ3n) is 3.99. The number of rotatable bonds is 8. The first-order chi connectivity index (χ1) is 13.9. The zero-order valence-corrected chi connectivity index (χ0v) is 16.7. The van der Waals surface area contributed by atoms with Crippen molar-refractivity contribution in [1.82, 2.24) is 10.2 Å². The third-order valence-corrected chi connectivity index (χ3v) is 3.99. The van der Waals surface area contributed by atoms with E-state index in [1.54, 1.807) is 38.4 Å². The predicted molar refractivity (Wildman–Crippen MR) is 109 cm³/mol. The highest BCUT2D eigenvalue weighted by Crippen LogP contribution is 2.18. The van der Waals surface area contributed by atoms with Gasteiger partial charge in [0.05, 0.1) is 7.11 Å². The molecular formula is C22H24N2O5. The van der Waals surface area contributed by atoms with E-state index < -0.39 is 18.5 Å².